The van der Waals surface area contributed by atoms with Crippen molar-refractivity contribution in [2.45, 2.75) is 6.42 Å². The first-order valence-electron chi connectivity index (χ1n) is 8.08. The number of nitrogens with zero attached hydrogens (tertiary/aromatic N) is 3. The molecule has 2 amide bonds. The normalized spacial score (nSPS) is 16.7. The van der Waals surface area contributed by atoms with Crippen LogP contribution in [0.1, 0.15) is 12.0 Å². The first kappa shape index (κ1) is 14.6. The first-order chi connectivity index (χ1) is 11.8. The maximum atomic E-state index is 12.5. The monoisotopic (exact) mass is 318 g/mol. The minimum absolute atomic E-state index is 0.0890. The summed E-state index contributed by atoms with van der Waals surface area (Å²) in [6, 6.07) is 13.7. The lowest BCUT2D eigenvalue weighted by atomic mass is 9.95. The summed E-state index contributed by atoms with van der Waals surface area (Å²) in [4.78, 5) is 23.1. The van der Waals surface area contributed by atoms with E-state index in [1.165, 1.54) is 11.1 Å². The number of aliphatic imine (C=N–C) groups is 1. The summed E-state index contributed by atoms with van der Waals surface area (Å²) in [5, 5.41) is 2.91. The van der Waals surface area contributed by atoms with Crippen molar-refractivity contribution < 1.29 is 4.79 Å². The topological polar surface area (TPSA) is 57.6 Å². The number of benzene rings is 1. The number of amides is 2. The molecule has 4 rings (SSSR count). The van der Waals surface area contributed by atoms with Crippen LogP contribution in [-0.2, 0) is 0 Å². The van der Waals surface area contributed by atoms with Gasteiger partial charge in [-0.2, -0.15) is 0 Å². The van der Waals surface area contributed by atoms with Crippen molar-refractivity contribution in [1.29, 1.82) is 0 Å². The maximum Gasteiger partial charge on any atom is 0.322 e. The quantitative estimate of drug-likeness (QED) is 0.925. The SMILES string of the molecule is O=C(Nc1cccnc1)N1CCC2=C(C1)C(c1ccccc1)=NC2. The molecular formula is C19H18N4O. The average molecular weight is 318 g/mol. The van der Waals surface area contributed by atoms with Crippen LogP contribution in [0.25, 0.3) is 0 Å². The molecular weight excluding hydrogens is 300 g/mol. The van der Waals surface area contributed by atoms with Gasteiger partial charge in [0.1, 0.15) is 0 Å². The zero-order valence-electron chi connectivity index (χ0n) is 13.3. The van der Waals surface area contributed by atoms with Gasteiger partial charge >= 0.3 is 6.03 Å². The van der Waals surface area contributed by atoms with Gasteiger partial charge in [-0.1, -0.05) is 30.3 Å². The summed E-state index contributed by atoms with van der Waals surface area (Å²) in [6.07, 6.45) is 4.23. The molecule has 1 aromatic carbocycles. The van der Waals surface area contributed by atoms with Gasteiger partial charge in [0, 0.05) is 24.8 Å². The number of hydrogen-bond acceptors (Lipinski definition) is 3. The Balaban J connectivity index is 1.50. The number of rotatable bonds is 2. The zero-order valence-corrected chi connectivity index (χ0v) is 13.3. The zero-order chi connectivity index (χ0) is 16.4. The van der Waals surface area contributed by atoms with E-state index in [-0.39, 0.29) is 6.03 Å². The van der Waals surface area contributed by atoms with Gasteiger partial charge < -0.3 is 10.2 Å². The summed E-state index contributed by atoms with van der Waals surface area (Å²) in [5.74, 6) is 0. The second-order valence-electron chi connectivity index (χ2n) is 5.96. The van der Waals surface area contributed by atoms with E-state index in [2.05, 4.69) is 22.4 Å². The van der Waals surface area contributed by atoms with Crippen LogP contribution in [0.2, 0.25) is 0 Å². The van der Waals surface area contributed by atoms with Crippen molar-refractivity contribution in [2.24, 2.45) is 4.99 Å². The minimum atomic E-state index is -0.0890. The molecule has 24 heavy (non-hydrogen) atoms. The van der Waals surface area contributed by atoms with Gasteiger partial charge in [0.25, 0.3) is 0 Å². The second-order valence-corrected chi connectivity index (χ2v) is 5.96. The lowest BCUT2D eigenvalue weighted by molar-refractivity contribution is 0.215. The Morgan fingerprint density at radius 3 is 2.79 bits per heavy atom. The van der Waals surface area contributed by atoms with Gasteiger partial charge in [-0.05, 0) is 29.7 Å². The molecule has 2 aliphatic rings. The number of carbonyl (C=O) groups is 1. The van der Waals surface area contributed by atoms with Gasteiger partial charge in [0.2, 0.25) is 0 Å². The summed E-state index contributed by atoms with van der Waals surface area (Å²) in [5.41, 5.74) is 5.43. The van der Waals surface area contributed by atoms with Crippen molar-refractivity contribution in [1.82, 2.24) is 9.88 Å². The Labute approximate surface area is 140 Å². The van der Waals surface area contributed by atoms with E-state index in [4.69, 9.17) is 4.99 Å². The van der Waals surface area contributed by atoms with E-state index >= 15 is 0 Å². The van der Waals surface area contributed by atoms with Crippen molar-refractivity contribution in [2.75, 3.05) is 25.0 Å². The Hall–Kier alpha value is -2.95. The molecule has 0 fully saturated rings. The van der Waals surface area contributed by atoms with Crippen LogP contribution in [0, 0.1) is 0 Å². The van der Waals surface area contributed by atoms with E-state index < -0.39 is 0 Å². The molecule has 0 spiro atoms. The summed E-state index contributed by atoms with van der Waals surface area (Å²) in [7, 11) is 0. The van der Waals surface area contributed by atoms with Gasteiger partial charge in [0.05, 0.1) is 24.1 Å². The highest BCUT2D eigenvalue weighted by molar-refractivity contribution is 6.15. The second kappa shape index (κ2) is 6.28. The van der Waals surface area contributed by atoms with E-state index in [1.54, 1.807) is 12.4 Å². The third kappa shape index (κ3) is 2.80. The number of urea groups is 1. The number of nitrogens with one attached hydrogen (secondary N) is 1. The molecule has 2 aromatic rings. The Morgan fingerprint density at radius 1 is 1.12 bits per heavy atom. The fourth-order valence-corrected chi connectivity index (χ4v) is 3.16. The Morgan fingerprint density at radius 2 is 2.00 bits per heavy atom. The number of aromatic nitrogens is 1. The smallest absolute Gasteiger partial charge is 0.320 e. The number of pyridine rings is 1. The third-order valence-electron chi connectivity index (χ3n) is 4.42. The van der Waals surface area contributed by atoms with E-state index in [1.807, 2.05) is 35.2 Å². The predicted octanol–water partition coefficient (Wildman–Crippen LogP) is 3.12. The van der Waals surface area contributed by atoms with Crippen LogP contribution >= 0.6 is 0 Å². The first-order valence-corrected chi connectivity index (χ1v) is 8.08. The summed E-state index contributed by atoms with van der Waals surface area (Å²) < 4.78 is 0. The van der Waals surface area contributed by atoms with Gasteiger partial charge in [0.15, 0.2) is 0 Å². The lowest BCUT2D eigenvalue weighted by Gasteiger charge is -2.29. The highest BCUT2D eigenvalue weighted by Crippen LogP contribution is 2.27. The van der Waals surface area contributed by atoms with Crippen molar-refractivity contribution in [3.8, 4) is 0 Å². The van der Waals surface area contributed by atoms with Crippen LogP contribution in [-0.4, -0.2) is 41.3 Å². The molecule has 0 atom stereocenters. The molecule has 3 heterocycles. The lowest BCUT2D eigenvalue weighted by Crippen LogP contribution is -2.40. The van der Waals surface area contributed by atoms with E-state index in [0.29, 0.717) is 12.2 Å². The summed E-state index contributed by atoms with van der Waals surface area (Å²) in [6.45, 7) is 2.09. The molecule has 5 heteroatoms. The number of anilines is 1. The molecule has 1 aromatic heterocycles. The molecule has 0 radical (unpaired) electrons. The molecule has 0 unspecified atom stereocenters. The van der Waals surface area contributed by atoms with E-state index in [9.17, 15) is 4.79 Å². The standard InChI is InChI=1S/C19H18N4O/c24-19(22-16-7-4-9-20-12-16)23-10-8-15-11-21-18(17(15)13-23)14-5-2-1-3-6-14/h1-7,9,12H,8,10-11,13H2,(H,22,24). The Kier molecular flexibility index (Phi) is 3.83. The Bertz CT molecular complexity index is 812. The van der Waals surface area contributed by atoms with Crippen molar-refractivity contribution >= 4 is 17.4 Å². The predicted molar refractivity (Wildman–Crippen MR) is 94.3 cm³/mol. The van der Waals surface area contributed by atoms with Crippen molar-refractivity contribution in [3.05, 3.63) is 71.6 Å². The van der Waals surface area contributed by atoms with E-state index in [0.717, 1.165) is 30.8 Å². The van der Waals surface area contributed by atoms with Crippen LogP contribution < -0.4 is 5.32 Å². The van der Waals surface area contributed by atoms with Crippen LogP contribution in [0.4, 0.5) is 10.5 Å². The molecule has 5 nitrogen and oxygen atoms in total. The fourth-order valence-electron chi connectivity index (χ4n) is 3.16. The molecule has 120 valence electrons. The van der Waals surface area contributed by atoms with Crippen LogP contribution in [0.15, 0.2) is 71.0 Å². The summed E-state index contributed by atoms with van der Waals surface area (Å²) >= 11 is 0. The molecule has 0 bridgehead atoms. The van der Waals surface area contributed by atoms with Crippen LogP contribution in [0.5, 0.6) is 0 Å². The third-order valence-corrected chi connectivity index (χ3v) is 4.42. The molecule has 0 aliphatic carbocycles. The largest absolute Gasteiger partial charge is 0.322 e. The molecule has 0 saturated carbocycles. The van der Waals surface area contributed by atoms with Gasteiger partial charge in [-0.3, -0.25) is 9.98 Å². The highest BCUT2D eigenvalue weighted by atomic mass is 16.2. The number of carbonyl (C=O) groups excluding carboxylic acids is 1. The average Bonchev–Trinajstić information content (AvgIpc) is 3.06. The highest BCUT2D eigenvalue weighted by Gasteiger charge is 2.29. The fraction of sp³-hybridized carbons (Fsp3) is 0.211. The molecule has 1 N–H and O–H groups in total. The molecule has 0 saturated heterocycles. The van der Waals surface area contributed by atoms with Gasteiger partial charge in [-0.15, -0.1) is 0 Å². The maximum absolute atomic E-state index is 12.5. The minimum Gasteiger partial charge on any atom is -0.320 e. The van der Waals surface area contributed by atoms with Crippen LogP contribution in [0.3, 0.4) is 0 Å². The molecule has 2 aliphatic heterocycles. The number of hydrogen-bond donors (Lipinski definition) is 1. The van der Waals surface area contributed by atoms with Gasteiger partial charge in [-0.25, -0.2) is 4.79 Å². The van der Waals surface area contributed by atoms with Crippen molar-refractivity contribution in [3.63, 3.8) is 0 Å².